The van der Waals surface area contributed by atoms with E-state index in [4.69, 9.17) is 9.15 Å². The zero-order valence-electron chi connectivity index (χ0n) is 21.7. The number of furan rings is 1. The predicted octanol–water partition coefficient (Wildman–Crippen LogP) is 10.2. The second-order valence-electron chi connectivity index (χ2n) is 10.8. The van der Waals surface area contributed by atoms with Crippen molar-refractivity contribution in [2.24, 2.45) is 0 Å². The molecule has 1 aliphatic carbocycles. The summed E-state index contributed by atoms with van der Waals surface area (Å²) >= 11 is 0. The molecule has 2 heterocycles. The normalized spacial score (nSPS) is 17.5. The van der Waals surface area contributed by atoms with Crippen LogP contribution in [0.4, 0.5) is 0 Å². The molecule has 6 aromatic carbocycles. The smallest absolute Gasteiger partial charge is 0.136 e. The molecule has 188 valence electrons. The lowest BCUT2D eigenvalue weighted by Gasteiger charge is -2.18. The van der Waals surface area contributed by atoms with Gasteiger partial charge in [0.1, 0.15) is 23.0 Å². The highest BCUT2D eigenvalue weighted by atomic mass is 16.5. The van der Waals surface area contributed by atoms with Gasteiger partial charge in [-0.3, -0.25) is 0 Å². The molecule has 0 saturated carbocycles. The third kappa shape index (κ3) is 3.05. The Balaban J connectivity index is 1.31. The lowest BCUT2D eigenvalue weighted by atomic mass is 9.85. The van der Waals surface area contributed by atoms with Crippen LogP contribution in [-0.4, -0.2) is 6.10 Å². The Hall–Kier alpha value is -5.08. The predicted molar refractivity (Wildman–Crippen MR) is 165 cm³/mol. The molecule has 2 nitrogen and oxygen atoms in total. The Labute approximate surface area is 231 Å². The number of ether oxygens (including phenoxy) is 1. The molecule has 9 rings (SSSR count). The van der Waals surface area contributed by atoms with Crippen LogP contribution >= 0.6 is 0 Å². The van der Waals surface area contributed by atoms with Gasteiger partial charge in [-0.15, -0.1) is 0 Å². The fraction of sp³-hybridized carbons (Fsp3) is 0.0526. The first-order valence-corrected chi connectivity index (χ1v) is 13.8. The van der Waals surface area contributed by atoms with Crippen LogP contribution in [0.1, 0.15) is 11.5 Å². The topological polar surface area (TPSA) is 22.4 Å². The Morgan fingerprint density at radius 2 is 1.05 bits per heavy atom. The molecule has 0 saturated heterocycles. The fourth-order valence-corrected chi connectivity index (χ4v) is 6.83. The van der Waals surface area contributed by atoms with Crippen molar-refractivity contribution in [1.29, 1.82) is 0 Å². The molecule has 0 radical (unpaired) electrons. The van der Waals surface area contributed by atoms with Crippen molar-refractivity contribution in [3.63, 3.8) is 0 Å². The van der Waals surface area contributed by atoms with Crippen LogP contribution in [0.5, 0.6) is 5.75 Å². The number of benzene rings is 6. The molecular weight excluding hydrogens is 488 g/mol. The molecule has 1 aromatic heterocycles. The summed E-state index contributed by atoms with van der Waals surface area (Å²) in [6.07, 6.45) is 8.68. The van der Waals surface area contributed by atoms with Crippen LogP contribution in [-0.2, 0) is 0 Å². The van der Waals surface area contributed by atoms with Crippen molar-refractivity contribution < 1.29 is 9.15 Å². The highest BCUT2D eigenvalue weighted by Gasteiger charge is 2.32. The molecule has 7 aromatic rings. The Bertz CT molecular complexity index is 2150. The summed E-state index contributed by atoms with van der Waals surface area (Å²) in [4.78, 5) is 0. The zero-order chi connectivity index (χ0) is 26.2. The van der Waals surface area contributed by atoms with E-state index in [2.05, 4.69) is 121 Å². The molecule has 2 atom stereocenters. The Morgan fingerprint density at radius 1 is 0.475 bits per heavy atom. The van der Waals surface area contributed by atoms with E-state index in [0.717, 1.165) is 33.3 Å². The highest BCUT2D eigenvalue weighted by molar-refractivity contribution is 6.22. The van der Waals surface area contributed by atoms with Crippen LogP contribution in [0.2, 0.25) is 0 Å². The number of allylic oxidation sites excluding steroid dienone is 2. The summed E-state index contributed by atoms with van der Waals surface area (Å²) in [5.74, 6) is 1.27. The summed E-state index contributed by atoms with van der Waals surface area (Å²) in [5.41, 5.74) is 7.91. The lowest BCUT2D eigenvalue weighted by molar-refractivity contribution is 0.269. The van der Waals surface area contributed by atoms with E-state index in [0.29, 0.717) is 0 Å². The fourth-order valence-electron chi connectivity index (χ4n) is 6.83. The number of hydrogen-bond donors (Lipinski definition) is 0. The third-order valence-corrected chi connectivity index (χ3v) is 8.61. The summed E-state index contributed by atoms with van der Waals surface area (Å²) in [6.45, 7) is 0. The van der Waals surface area contributed by atoms with Gasteiger partial charge in [0.2, 0.25) is 0 Å². The average Bonchev–Trinajstić information content (AvgIpc) is 3.57. The van der Waals surface area contributed by atoms with Gasteiger partial charge in [0.15, 0.2) is 0 Å². The van der Waals surface area contributed by atoms with Crippen molar-refractivity contribution >= 4 is 43.5 Å². The second kappa shape index (κ2) is 8.21. The van der Waals surface area contributed by atoms with Crippen molar-refractivity contribution in [3.8, 4) is 28.0 Å². The quantitative estimate of drug-likeness (QED) is 0.215. The maximum Gasteiger partial charge on any atom is 0.136 e. The molecule has 2 unspecified atom stereocenters. The zero-order valence-corrected chi connectivity index (χ0v) is 21.7. The van der Waals surface area contributed by atoms with Crippen LogP contribution in [0.25, 0.3) is 65.7 Å². The SMILES string of the molecule is C1=CC2Oc3cc(-c4c5ccccc5c(-c5ccc6c(c5)oc5ccccc56)c5ccccc45)ccc3C2C=C1. The summed E-state index contributed by atoms with van der Waals surface area (Å²) in [5, 5.41) is 7.22. The lowest BCUT2D eigenvalue weighted by Crippen LogP contribution is -2.15. The standard InChI is InChI=1S/C38H24O2/c1-2-12-30-29(11-1)37(23-17-19-27-25-9-5-7-15-33(25)39-35(27)21-23)31-13-3-4-14-32(31)38(30)24-18-20-28-26-10-6-8-16-34(26)40-36(28)22-24/h1-22,25,33H. The van der Waals surface area contributed by atoms with Gasteiger partial charge < -0.3 is 9.15 Å². The number of para-hydroxylation sites is 1. The maximum atomic E-state index is 6.41. The van der Waals surface area contributed by atoms with Gasteiger partial charge in [0.05, 0.1) is 0 Å². The van der Waals surface area contributed by atoms with Crippen molar-refractivity contribution in [3.05, 3.63) is 139 Å². The number of rotatable bonds is 2. The van der Waals surface area contributed by atoms with Gasteiger partial charge in [-0.2, -0.15) is 0 Å². The first kappa shape index (κ1) is 21.8. The molecule has 2 aliphatic rings. The van der Waals surface area contributed by atoms with Crippen LogP contribution in [0.15, 0.2) is 138 Å². The Morgan fingerprint density at radius 3 is 1.77 bits per heavy atom. The van der Waals surface area contributed by atoms with Crippen molar-refractivity contribution in [2.75, 3.05) is 0 Å². The molecule has 1 aliphatic heterocycles. The van der Waals surface area contributed by atoms with Crippen molar-refractivity contribution in [1.82, 2.24) is 0 Å². The minimum atomic E-state index is 0.0827. The molecule has 40 heavy (non-hydrogen) atoms. The monoisotopic (exact) mass is 512 g/mol. The number of hydrogen-bond acceptors (Lipinski definition) is 2. The first-order chi connectivity index (χ1) is 19.8. The average molecular weight is 513 g/mol. The third-order valence-electron chi connectivity index (χ3n) is 8.61. The van der Waals surface area contributed by atoms with Gasteiger partial charge >= 0.3 is 0 Å². The summed E-state index contributed by atoms with van der Waals surface area (Å²) in [7, 11) is 0. The second-order valence-corrected chi connectivity index (χ2v) is 10.8. The van der Waals surface area contributed by atoms with Crippen molar-refractivity contribution in [2.45, 2.75) is 12.0 Å². The molecule has 0 amide bonds. The van der Waals surface area contributed by atoms with E-state index in [1.165, 1.54) is 43.8 Å². The van der Waals surface area contributed by atoms with Crippen LogP contribution in [0, 0.1) is 0 Å². The largest absolute Gasteiger partial charge is 0.485 e. The maximum absolute atomic E-state index is 6.41. The molecule has 0 bridgehead atoms. The molecular formula is C38H24O2. The van der Waals surface area contributed by atoms with Crippen LogP contribution < -0.4 is 4.74 Å². The van der Waals surface area contributed by atoms with Gasteiger partial charge in [0, 0.05) is 22.3 Å². The first-order valence-electron chi connectivity index (χ1n) is 13.8. The van der Waals surface area contributed by atoms with E-state index in [9.17, 15) is 0 Å². The van der Waals surface area contributed by atoms with E-state index < -0.39 is 0 Å². The molecule has 0 fully saturated rings. The van der Waals surface area contributed by atoms with Gasteiger partial charge in [-0.1, -0.05) is 103 Å². The number of fused-ring (bicyclic) bond motifs is 8. The molecule has 0 spiro atoms. The van der Waals surface area contributed by atoms with Crippen LogP contribution in [0.3, 0.4) is 0 Å². The van der Waals surface area contributed by atoms with E-state index >= 15 is 0 Å². The van der Waals surface area contributed by atoms with Gasteiger partial charge in [-0.25, -0.2) is 0 Å². The molecule has 0 N–H and O–H groups in total. The Kier molecular flexibility index (Phi) is 4.48. The summed E-state index contributed by atoms with van der Waals surface area (Å²) in [6, 6.07) is 39.2. The van der Waals surface area contributed by atoms with Gasteiger partial charge in [-0.05, 0) is 74.1 Å². The minimum Gasteiger partial charge on any atom is -0.485 e. The minimum absolute atomic E-state index is 0.0827. The summed E-state index contributed by atoms with van der Waals surface area (Å²) < 4.78 is 12.7. The molecule has 2 heteroatoms. The van der Waals surface area contributed by atoms with E-state index in [-0.39, 0.29) is 12.0 Å². The highest BCUT2D eigenvalue weighted by Crippen LogP contribution is 2.48. The van der Waals surface area contributed by atoms with Gasteiger partial charge in [0.25, 0.3) is 0 Å². The van der Waals surface area contributed by atoms with E-state index in [1.54, 1.807) is 0 Å². The van der Waals surface area contributed by atoms with E-state index in [1.807, 2.05) is 12.1 Å².